The van der Waals surface area contributed by atoms with E-state index in [2.05, 4.69) is 15.3 Å². The molecule has 2 rings (SSSR count). The molecule has 0 radical (unpaired) electrons. The van der Waals surface area contributed by atoms with Crippen molar-refractivity contribution in [2.75, 3.05) is 0 Å². The van der Waals surface area contributed by atoms with Gasteiger partial charge < -0.3 is 5.11 Å². The molecule has 0 aromatic carbocycles. The van der Waals surface area contributed by atoms with Crippen molar-refractivity contribution in [3.8, 4) is 0 Å². The summed E-state index contributed by atoms with van der Waals surface area (Å²) in [5.41, 5.74) is 0. The molecule has 0 bridgehead atoms. The molecule has 0 saturated heterocycles. The molecule has 7 heteroatoms. The minimum absolute atomic E-state index is 0.0413. The van der Waals surface area contributed by atoms with Gasteiger partial charge in [0.1, 0.15) is 0 Å². The maximum Gasteiger partial charge on any atom is 0.367 e. The molecular formula is C6H6N4O2S. The SMILES string of the molecule is CCc1nnc2sc(C(=O)O)nn12. The summed E-state index contributed by atoms with van der Waals surface area (Å²) in [4.78, 5) is 11.1. The van der Waals surface area contributed by atoms with E-state index < -0.39 is 5.97 Å². The largest absolute Gasteiger partial charge is 0.476 e. The summed E-state index contributed by atoms with van der Waals surface area (Å²) in [5, 5.41) is 20.2. The van der Waals surface area contributed by atoms with Crippen LogP contribution in [0.3, 0.4) is 0 Å². The molecule has 0 spiro atoms. The molecule has 0 unspecified atom stereocenters. The van der Waals surface area contributed by atoms with Gasteiger partial charge in [0.15, 0.2) is 5.82 Å². The van der Waals surface area contributed by atoms with Crippen molar-refractivity contribution in [1.82, 2.24) is 19.8 Å². The predicted octanol–water partition coefficient (Wildman–Crippen LogP) is 0.446. The molecule has 2 heterocycles. The number of nitrogens with zero attached hydrogens (tertiary/aromatic N) is 4. The topological polar surface area (TPSA) is 80.4 Å². The second kappa shape index (κ2) is 2.77. The fourth-order valence-corrected chi connectivity index (χ4v) is 1.66. The lowest BCUT2D eigenvalue weighted by atomic mass is 10.5. The van der Waals surface area contributed by atoms with E-state index in [0.717, 1.165) is 11.3 Å². The van der Waals surface area contributed by atoms with Gasteiger partial charge in [-0.05, 0) is 0 Å². The molecule has 0 saturated carbocycles. The number of hydrogen-bond acceptors (Lipinski definition) is 5. The third-order valence-corrected chi connectivity index (χ3v) is 2.44. The van der Waals surface area contributed by atoms with Crippen molar-refractivity contribution >= 4 is 22.3 Å². The molecule has 0 atom stereocenters. The first-order valence-electron chi connectivity index (χ1n) is 3.66. The number of aryl methyl sites for hydroxylation is 1. The van der Waals surface area contributed by atoms with E-state index in [1.807, 2.05) is 6.92 Å². The Morgan fingerprint density at radius 3 is 3.00 bits per heavy atom. The number of aromatic nitrogens is 4. The Labute approximate surface area is 76.8 Å². The zero-order valence-corrected chi connectivity index (χ0v) is 7.58. The molecular weight excluding hydrogens is 192 g/mol. The molecule has 0 aliphatic heterocycles. The van der Waals surface area contributed by atoms with Crippen molar-refractivity contribution in [2.45, 2.75) is 13.3 Å². The maximum atomic E-state index is 10.6. The van der Waals surface area contributed by atoms with Gasteiger partial charge in [0.2, 0.25) is 9.97 Å². The summed E-state index contributed by atoms with van der Waals surface area (Å²) in [6.07, 6.45) is 0.684. The maximum absolute atomic E-state index is 10.6. The van der Waals surface area contributed by atoms with Gasteiger partial charge in [-0.25, -0.2) is 4.79 Å². The first kappa shape index (κ1) is 8.11. The van der Waals surface area contributed by atoms with Crippen LogP contribution in [0.4, 0.5) is 0 Å². The summed E-state index contributed by atoms with van der Waals surface area (Å²) in [7, 11) is 0. The zero-order chi connectivity index (χ0) is 9.42. The highest BCUT2D eigenvalue weighted by Crippen LogP contribution is 2.13. The molecule has 0 aliphatic rings. The quantitative estimate of drug-likeness (QED) is 0.757. The Balaban J connectivity index is 2.63. The summed E-state index contributed by atoms with van der Waals surface area (Å²) >= 11 is 1.02. The van der Waals surface area contributed by atoms with Gasteiger partial charge in [-0.1, -0.05) is 18.3 Å². The number of carbonyl (C=O) groups is 1. The van der Waals surface area contributed by atoms with Crippen LogP contribution in [0.5, 0.6) is 0 Å². The summed E-state index contributed by atoms with van der Waals surface area (Å²) in [5.74, 6) is -0.351. The Kier molecular flexibility index (Phi) is 1.73. The van der Waals surface area contributed by atoms with E-state index in [0.29, 0.717) is 17.2 Å². The standard InChI is InChI=1S/C6H6N4O2S/c1-2-3-7-8-6-10(3)9-4(13-6)5(11)12/h2H2,1H3,(H,11,12). The highest BCUT2D eigenvalue weighted by molar-refractivity contribution is 7.18. The minimum atomic E-state index is -1.03. The summed E-state index contributed by atoms with van der Waals surface area (Å²) in [6.45, 7) is 1.91. The number of rotatable bonds is 2. The van der Waals surface area contributed by atoms with E-state index >= 15 is 0 Å². The number of carboxylic acids is 1. The molecule has 13 heavy (non-hydrogen) atoms. The van der Waals surface area contributed by atoms with Crippen LogP contribution in [0.15, 0.2) is 0 Å². The van der Waals surface area contributed by atoms with Crippen molar-refractivity contribution in [1.29, 1.82) is 0 Å². The lowest BCUT2D eigenvalue weighted by molar-refractivity contribution is 0.0695. The highest BCUT2D eigenvalue weighted by atomic mass is 32.1. The van der Waals surface area contributed by atoms with Gasteiger partial charge in [0.05, 0.1) is 0 Å². The molecule has 2 aromatic heterocycles. The number of carboxylic acid groups (broad SMARTS) is 1. The van der Waals surface area contributed by atoms with Crippen LogP contribution in [-0.2, 0) is 6.42 Å². The van der Waals surface area contributed by atoms with E-state index in [4.69, 9.17) is 5.11 Å². The van der Waals surface area contributed by atoms with Crippen LogP contribution >= 0.6 is 11.3 Å². The fraction of sp³-hybridized carbons (Fsp3) is 0.333. The van der Waals surface area contributed by atoms with E-state index in [9.17, 15) is 4.79 Å². The molecule has 0 amide bonds. The van der Waals surface area contributed by atoms with Crippen molar-refractivity contribution < 1.29 is 9.90 Å². The van der Waals surface area contributed by atoms with Gasteiger partial charge in [-0.15, -0.1) is 15.3 Å². The van der Waals surface area contributed by atoms with E-state index in [-0.39, 0.29) is 5.01 Å². The predicted molar refractivity (Wildman–Crippen MR) is 45.0 cm³/mol. The van der Waals surface area contributed by atoms with E-state index in [1.54, 1.807) is 0 Å². The Morgan fingerprint density at radius 1 is 1.62 bits per heavy atom. The number of fused-ring (bicyclic) bond motifs is 1. The van der Waals surface area contributed by atoms with Crippen LogP contribution in [0.25, 0.3) is 4.96 Å². The Hall–Kier alpha value is -1.50. The van der Waals surface area contributed by atoms with Crippen LogP contribution in [0, 0.1) is 0 Å². The van der Waals surface area contributed by atoms with Crippen molar-refractivity contribution in [3.63, 3.8) is 0 Å². The number of aromatic carboxylic acids is 1. The van der Waals surface area contributed by atoms with Crippen LogP contribution in [0.2, 0.25) is 0 Å². The van der Waals surface area contributed by atoms with Gasteiger partial charge in [0.25, 0.3) is 0 Å². The van der Waals surface area contributed by atoms with Gasteiger partial charge in [-0.2, -0.15) is 4.52 Å². The first-order valence-corrected chi connectivity index (χ1v) is 4.48. The van der Waals surface area contributed by atoms with Gasteiger partial charge in [-0.3, -0.25) is 0 Å². The summed E-state index contributed by atoms with van der Waals surface area (Å²) in [6, 6.07) is 0. The second-order valence-electron chi connectivity index (χ2n) is 2.38. The lowest BCUT2D eigenvalue weighted by Gasteiger charge is -1.86. The second-order valence-corrected chi connectivity index (χ2v) is 3.33. The van der Waals surface area contributed by atoms with Crippen molar-refractivity contribution in [3.05, 3.63) is 10.8 Å². The minimum Gasteiger partial charge on any atom is -0.476 e. The lowest BCUT2D eigenvalue weighted by Crippen LogP contribution is -1.99. The fourth-order valence-electron chi connectivity index (χ4n) is 0.964. The van der Waals surface area contributed by atoms with Gasteiger partial charge in [0, 0.05) is 6.42 Å². The van der Waals surface area contributed by atoms with Crippen LogP contribution < -0.4 is 0 Å². The highest BCUT2D eigenvalue weighted by Gasteiger charge is 2.14. The van der Waals surface area contributed by atoms with Crippen LogP contribution in [0.1, 0.15) is 22.6 Å². The average Bonchev–Trinajstić information content (AvgIpc) is 2.60. The normalized spacial score (nSPS) is 10.8. The molecule has 68 valence electrons. The third kappa shape index (κ3) is 1.17. The average molecular weight is 198 g/mol. The molecule has 2 aromatic rings. The summed E-state index contributed by atoms with van der Waals surface area (Å²) < 4.78 is 1.47. The third-order valence-electron chi connectivity index (χ3n) is 1.55. The van der Waals surface area contributed by atoms with Crippen LogP contribution in [-0.4, -0.2) is 30.9 Å². The van der Waals surface area contributed by atoms with Crippen molar-refractivity contribution in [2.24, 2.45) is 0 Å². The monoisotopic (exact) mass is 198 g/mol. The molecule has 0 fully saturated rings. The smallest absolute Gasteiger partial charge is 0.367 e. The Bertz CT molecular complexity index is 460. The first-order chi connectivity index (χ1) is 6.22. The van der Waals surface area contributed by atoms with Gasteiger partial charge >= 0.3 is 5.97 Å². The zero-order valence-electron chi connectivity index (χ0n) is 6.76. The molecule has 0 aliphatic carbocycles. The van der Waals surface area contributed by atoms with E-state index in [1.165, 1.54) is 4.52 Å². The molecule has 1 N–H and O–H groups in total. The Morgan fingerprint density at radius 2 is 2.38 bits per heavy atom. The molecule has 6 nitrogen and oxygen atoms in total. The number of hydrogen-bond donors (Lipinski definition) is 1.